The zero-order chi connectivity index (χ0) is 46.4. The minimum absolute atomic E-state index is 0.280. The second-order valence-electron chi connectivity index (χ2n) is 19.7. The zero-order valence-electron chi connectivity index (χ0n) is 39.2. The molecule has 2 aliphatic heterocycles. The highest BCUT2D eigenvalue weighted by Gasteiger charge is 2.40. The summed E-state index contributed by atoms with van der Waals surface area (Å²) in [6.07, 6.45) is 0. The molecule has 3 heteroatoms. The highest BCUT2D eigenvalue weighted by atomic mass is 16.3. The maximum atomic E-state index is 7.09. The van der Waals surface area contributed by atoms with Crippen LogP contribution in [0.3, 0.4) is 0 Å². The molecule has 0 bridgehead atoms. The van der Waals surface area contributed by atoms with Gasteiger partial charge in [0.25, 0.3) is 0 Å². The van der Waals surface area contributed by atoms with E-state index < -0.39 is 0 Å². The molecule has 0 atom stereocenters. The van der Waals surface area contributed by atoms with Gasteiger partial charge in [0.15, 0.2) is 5.58 Å². The van der Waals surface area contributed by atoms with Crippen LogP contribution in [-0.2, 0) is 10.8 Å². The molecule has 3 heterocycles. The summed E-state index contributed by atoms with van der Waals surface area (Å²) < 4.78 is 7.09. The van der Waals surface area contributed by atoms with E-state index in [1.54, 1.807) is 0 Å². The number of rotatable bonds is 6. The number of anilines is 6. The second-order valence-corrected chi connectivity index (χ2v) is 19.7. The van der Waals surface area contributed by atoms with Gasteiger partial charge in [0.2, 0.25) is 0 Å². The van der Waals surface area contributed by atoms with E-state index in [1.165, 1.54) is 78.1 Å². The van der Waals surface area contributed by atoms with Crippen LogP contribution in [-0.4, -0.2) is 0 Å². The molecule has 0 saturated carbocycles. The van der Waals surface area contributed by atoms with Crippen LogP contribution in [0.1, 0.15) is 49.9 Å². The molecule has 3 nitrogen and oxygen atoms in total. The van der Waals surface area contributed by atoms with Crippen molar-refractivity contribution in [1.82, 2.24) is 0 Å². The molecule has 13 rings (SSSR count). The lowest BCUT2D eigenvalue weighted by atomic mass is 9.72. The number of para-hydroxylation sites is 1. The molecular formula is C66H50N2O. The Kier molecular flexibility index (Phi) is 9.22. The highest BCUT2D eigenvalue weighted by molar-refractivity contribution is 6.12. The Balaban J connectivity index is 0.994. The van der Waals surface area contributed by atoms with E-state index in [-0.39, 0.29) is 10.8 Å². The molecule has 0 saturated heterocycles. The number of furan rings is 1. The van der Waals surface area contributed by atoms with Gasteiger partial charge in [-0.2, -0.15) is 0 Å². The monoisotopic (exact) mass is 886 g/mol. The molecule has 0 aliphatic carbocycles. The molecule has 0 amide bonds. The average Bonchev–Trinajstić information content (AvgIpc) is 3.78. The molecule has 10 aromatic carbocycles. The van der Waals surface area contributed by atoms with Gasteiger partial charge in [-0.25, -0.2) is 0 Å². The van der Waals surface area contributed by atoms with Crippen LogP contribution in [0.15, 0.2) is 235 Å². The highest BCUT2D eigenvalue weighted by Crippen LogP contribution is 2.57. The van der Waals surface area contributed by atoms with Gasteiger partial charge >= 0.3 is 0 Å². The Labute approximate surface area is 404 Å². The van der Waals surface area contributed by atoms with Crippen LogP contribution in [0.2, 0.25) is 0 Å². The van der Waals surface area contributed by atoms with Crippen molar-refractivity contribution in [3.8, 4) is 44.5 Å². The van der Waals surface area contributed by atoms with Crippen molar-refractivity contribution in [1.29, 1.82) is 0 Å². The summed E-state index contributed by atoms with van der Waals surface area (Å²) in [6, 6.07) is 84.3. The molecule has 0 unspecified atom stereocenters. The van der Waals surface area contributed by atoms with Crippen molar-refractivity contribution in [2.75, 3.05) is 9.80 Å². The number of hydrogen-bond acceptors (Lipinski definition) is 3. The first-order valence-electron chi connectivity index (χ1n) is 24.1. The Morgan fingerprint density at radius 2 is 0.667 bits per heavy atom. The standard InChI is InChI=1S/C66H50N2O/c1-65(2)54-38-47(43-18-9-5-10-19-43)28-33-58(54)67(59-34-29-48(39-55(59)65)44-20-11-6-12-21-44)51-32-37-63-53(42-51)52-26-17-27-62(64(52)69-63)68-60-35-30-49(45-22-13-7-14-23-45)40-56(60)66(3,4)57-41-50(31-36-61(57)68)46-24-15-8-16-25-46/h5-42H,1-4H3. The largest absolute Gasteiger partial charge is 0.454 e. The van der Waals surface area contributed by atoms with Crippen molar-refractivity contribution >= 4 is 56.1 Å². The first-order valence-corrected chi connectivity index (χ1v) is 24.1. The van der Waals surface area contributed by atoms with E-state index in [0.717, 1.165) is 44.7 Å². The predicted octanol–water partition coefficient (Wildman–Crippen LogP) is 18.5. The van der Waals surface area contributed by atoms with Crippen molar-refractivity contribution in [3.63, 3.8) is 0 Å². The fourth-order valence-electron chi connectivity index (χ4n) is 11.3. The smallest absolute Gasteiger partial charge is 0.159 e. The third-order valence-corrected chi connectivity index (χ3v) is 15.0. The Morgan fingerprint density at radius 1 is 0.290 bits per heavy atom. The predicted molar refractivity (Wildman–Crippen MR) is 289 cm³/mol. The third-order valence-electron chi connectivity index (χ3n) is 15.0. The Morgan fingerprint density at radius 3 is 1.06 bits per heavy atom. The molecule has 0 radical (unpaired) electrons. The molecule has 2 aliphatic rings. The molecular weight excluding hydrogens is 837 g/mol. The number of nitrogens with zero attached hydrogens (tertiary/aromatic N) is 2. The minimum Gasteiger partial charge on any atom is -0.454 e. The SMILES string of the molecule is CC1(C)c2cc(-c3ccccc3)ccc2N(c2ccc3oc4c(N5c6ccc(-c7ccccc7)cc6C(C)(C)c6cc(-c7ccccc7)ccc65)cccc4c3c2)c2ccc(-c3ccccc3)cc21. The first-order chi connectivity index (χ1) is 33.7. The number of hydrogen-bond donors (Lipinski definition) is 0. The minimum atomic E-state index is -0.299. The fourth-order valence-corrected chi connectivity index (χ4v) is 11.3. The maximum absolute atomic E-state index is 7.09. The van der Waals surface area contributed by atoms with Crippen molar-refractivity contribution in [2.45, 2.75) is 38.5 Å². The summed E-state index contributed by atoms with van der Waals surface area (Å²) >= 11 is 0. The van der Waals surface area contributed by atoms with E-state index in [2.05, 4.69) is 268 Å². The zero-order valence-corrected chi connectivity index (χ0v) is 39.2. The van der Waals surface area contributed by atoms with Crippen molar-refractivity contribution in [2.24, 2.45) is 0 Å². The summed E-state index contributed by atoms with van der Waals surface area (Å²) in [7, 11) is 0. The summed E-state index contributed by atoms with van der Waals surface area (Å²) in [5.74, 6) is 0. The van der Waals surface area contributed by atoms with Crippen molar-refractivity contribution < 1.29 is 4.42 Å². The Hall–Kier alpha value is -8.40. The van der Waals surface area contributed by atoms with E-state index in [0.29, 0.717) is 0 Å². The lowest BCUT2D eigenvalue weighted by Gasteiger charge is -2.42. The van der Waals surface area contributed by atoms with Crippen LogP contribution in [0.25, 0.3) is 66.4 Å². The summed E-state index contributed by atoms with van der Waals surface area (Å²) in [5.41, 5.74) is 22.7. The van der Waals surface area contributed by atoms with Gasteiger partial charge in [-0.05, 0) is 140 Å². The lowest BCUT2D eigenvalue weighted by Crippen LogP contribution is -2.30. The molecule has 0 fully saturated rings. The van der Waals surface area contributed by atoms with Crippen LogP contribution in [0.4, 0.5) is 34.1 Å². The van der Waals surface area contributed by atoms with Gasteiger partial charge in [-0.3, -0.25) is 0 Å². The summed E-state index contributed by atoms with van der Waals surface area (Å²) in [6.45, 7) is 9.50. The van der Waals surface area contributed by atoms with Gasteiger partial charge < -0.3 is 14.2 Å². The van der Waals surface area contributed by atoms with Crippen LogP contribution < -0.4 is 9.80 Å². The first kappa shape index (κ1) is 40.8. The lowest BCUT2D eigenvalue weighted by molar-refractivity contribution is 0.631. The molecule has 11 aromatic rings. The van der Waals surface area contributed by atoms with E-state index in [1.807, 2.05) is 0 Å². The average molecular weight is 887 g/mol. The molecule has 0 spiro atoms. The van der Waals surface area contributed by atoms with Crippen LogP contribution in [0.5, 0.6) is 0 Å². The van der Waals surface area contributed by atoms with Crippen LogP contribution >= 0.6 is 0 Å². The normalized spacial score (nSPS) is 14.3. The third kappa shape index (κ3) is 6.49. The molecule has 330 valence electrons. The van der Waals surface area contributed by atoms with E-state index in [9.17, 15) is 0 Å². The summed E-state index contributed by atoms with van der Waals surface area (Å²) in [4.78, 5) is 4.91. The quantitative estimate of drug-likeness (QED) is 0.166. The maximum Gasteiger partial charge on any atom is 0.159 e. The van der Waals surface area contributed by atoms with Gasteiger partial charge in [0.1, 0.15) is 5.58 Å². The van der Waals surface area contributed by atoms with Gasteiger partial charge in [0.05, 0.1) is 28.4 Å². The topological polar surface area (TPSA) is 19.6 Å². The van der Waals surface area contributed by atoms with Crippen molar-refractivity contribution in [3.05, 3.63) is 253 Å². The molecule has 0 N–H and O–H groups in total. The van der Waals surface area contributed by atoms with Gasteiger partial charge in [-0.1, -0.05) is 185 Å². The Bertz CT molecular complexity index is 3590. The van der Waals surface area contributed by atoms with Gasteiger partial charge in [-0.15, -0.1) is 0 Å². The number of fused-ring (bicyclic) bond motifs is 7. The molecule has 69 heavy (non-hydrogen) atoms. The second kappa shape index (κ2) is 15.6. The fraction of sp³-hybridized carbons (Fsp3) is 0.0909. The summed E-state index contributed by atoms with van der Waals surface area (Å²) in [5, 5.41) is 2.16. The number of benzene rings is 10. The van der Waals surface area contributed by atoms with E-state index in [4.69, 9.17) is 4.42 Å². The van der Waals surface area contributed by atoms with E-state index >= 15 is 0 Å². The van der Waals surface area contributed by atoms with Crippen LogP contribution in [0, 0.1) is 0 Å². The van der Waals surface area contributed by atoms with Gasteiger partial charge in [0, 0.05) is 27.3 Å². The molecule has 1 aromatic heterocycles.